The summed E-state index contributed by atoms with van der Waals surface area (Å²) >= 11 is 0. The number of nitrogens with one attached hydrogen (secondary N) is 1. The second-order valence-electron chi connectivity index (χ2n) is 8.94. The number of anilines is 2. The summed E-state index contributed by atoms with van der Waals surface area (Å²) in [7, 11) is 1.62. The molecule has 4 aromatic rings. The molecule has 0 radical (unpaired) electrons. The van der Waals surface area contributed by atoms with Crippen LogP contribution in [-0.2, 0) is 5.41 Å². The van der Waals surface area contributed by atoms with E-state index in [1.54, 1.807) is 13.3 Å². The van der Waals surface area contributed by atoms with Crippen LogP contribution < -0.4 is 10.1 Å². The van der Waals surface area contributed by atoms with Gasteiger partial charge in [0.25, 0.3) is 0 Å². The predicted octanol–water partition coefficient (Wildman–Crippen LogP) is 6.50. The Kier molecular flexibility index (Phi) is 4.33. The van der Waals surface area contributed by atoms with Crippen LogP contribution >= 0.6 is 0 Å². The van der Waals surface area contributed by atoms with Crippen molar-refractivity contribution in [3.63, 3.8) is 0 Å². The van der Waals surface area contributed by atoms with E-state index in [-0.39, 0.29) is 11.2 Å². The molecule has 0 spiro atoms. The summed E-state index contributed by atoms with van der Waals surface area (Å²) in [5.41, 5.74) is 6.07. The maximum Gasteiger partial charge on any atom is 0.196 e. The number of hydrogen-bond donors (Lipinski definition) is 1. The molecule has 0 aliphatic heterocycles. The number of methoxy groups -OCH3 is 1. The Morgan fingerprint density at radius 1 is 0.871 bits per heavy atom. The van der Waals surface area contributed by atoms with E-state index in [2.05, 4.69) is 43.2 Å². The Morgan fingerprint density at radius 2 is 1.65 bits per heavy atom. The Morgan fingerprint density at radius 3 is 2.35 bits per heavy atom. The fourth-order valence-corrected chi connectivity index (χ4v) is 4.30. The lowest BCUT2D eigenvalue weighted by atomic mass is 9.83. The van der Waals surface area contributed by atoms with Crippen LogP contribution in [0.1, 0.15) is 42.3 Å². The summed E-state index contributed by atoms with van der Waals surface area (Å²) in [5, 5.41) is 5.39. The molecule has 0 unspecified atom stereocenters. The number of ether oxygens (including phenoxy) is 1. The summed E-state index contributed by atoms with van der Waals surface area (Å²) in [5.74, 6) is 0.624. The van der Waals surface area contributed by atoms with Crippen molar-refractivity contribution in [3.05, 3.63) is 83.7 Å². The Bertz CT molecular complexity index is 1330. The molecule has 4 heteroatoms. The van der Waals surface area contributed by atoms with Crippen molar-refractivity contribution in [2.45, 2.75) is 26.2 Å². The molecule has 3 aromatic carbocycles. The smallest absolute Gasteiger partial charge is 0.196 e. The predicted molar refractivity (Wildman–Crippen MR) is 126 cm³/mol. The van der Waals surface area contributed by atoms with E-state index in [9.17, 15) is 4.79 Å². The number of nitrogens with zero attached hydrogens (tertiary/aromatic N) is 1. The number of pyridine rings is 1. The SMILES string of the molecule is COc1ccc2c(c1Nc1ccc(C(C)(C)C)cc1)C(=O)c1cccc3cncc-2c13. The van der Waals surface area contributed by atoms with Gasteiger partial charge in [0.2, 0.25) is 0 Å². The number of carbonyl (C=O) groups excluding carboxylic acids is 1. The second-order valence-corrected chi connectivity index (χ2v) is 8.94. The Labute approximate surface area is 181 Å². The molecule has 0 atom stereocenters. The molecule has 4 nitrogen and oxygen atoms in total. The lowest BCUT2D eigenvalue weighted by molar-refractivity contribution is 0.104. The summed E-state index contributed by atoms with van der Waals surface area (Å²) in [6.45, 7) is 6.57. The largest absolute Gasteiger partial charge is 0.495 e. The molecular weight excluding hydrogens is 384 g/mol. The first-order valence-electron chi connectivity index (χ1n) is 10.4. The van der Waals surface area contributed by atoms with E-state index in [0.29, 0.717) is 22.6 Å². The lowest BCUT2D eigenvalue weighted by Crippen LogP contribution is -2.14. The number of hydrogen-bond acceptors (Lipinski definition) is 4. The molecule has 1 aromatic heterocycles. The van der Waals surface area contributed by atoms with Crippen LogP contribution in [0.15, 0.2) is 67.0 Å². The summed E-state index contributed by atoms with van der Waals surface area (Å²) in [6, 6.07) is 18.0. The van der Waals surface area contributed by atoms with Gasteiger partial charge in [-0.25, -0.2) is 0 Å². The van der Waals surface area contributed by atoms with E-state index < -0.39 is 0 Å². The standard InChI is InChI=1S/C27H24N2O2/c1-27(2,3)17-8-10-18(11-9-17)29-25-22(31-4)13-12-19-21-15-28-14-16-6-5-7-20(23(16)21)26(30)24(19)25/h5-15,29H,1-4H3. The second kappa shape index (κ2) is 6.95. The van der Waals surface area contributed by atoms with E-state index in [4.69, 9.17) is 4.74 Å². The van der Waals surface area contributed by atoms with Gasteiger partial charge in [-0.05, 0) is 40.8 Å². The number of aromatic nitrogens is 1. The van der Waals surface area contributed by atoms with Gasteiger partial charge in [-0.1, -0.05) is 51.1 Å². The topological polar surface area (TPSA) is 51.2 Å². The molecule has 1 aliphatic carbocycles. The van der Waals surface area contributed by atoms with Gasteiger partial charge in [-0.2, -0.15) is 0 Å². The maximum atomic E-state index is 13.6. The third-order valence-electron chi connectivity index (χ3n) is 5.95. The maximum absolute atomic E-state index is 13.6. The molecule has 154 valence electrons. The van der Waals surface area contributed by atoms with Gasteiger partial charge in [0, 0.05) is 40.0 Å². The Hall–Kier alpha value is -3.66. The van der Waals surface area contributed by atoms with Gasteiger partial charge in [0.1, 0.15) is 5.75 Å². The quantitative estimate of drug-likeness (QED) is 0.370. The van der Waals surface area contributed by atoms with Crippen molar-refractivity contribution in [1.82, 2.24) is 4.98 Å². The van der Waals surface area contributed by atoms with Gasteiger partial charge in [0.15, 0.2) is 5.78 Å². The zero-order valence-corrected chi connectivity index (χ0v) is 18.1. The van der Waals surface area contributed by atoms with Crippen LogP contribution in [0.4, 0.5) is 11.4 Å². The van der Waals surface area contributed by atoms with Crippen LogP contribution in [0.25, 0.3) is 21.9 Å². The molecule has 31 heavy (non-hydrogen) atoms. The van der Waals surface area contributed by atoms with Crippen LogP contribution in [-0.4, -0.2) is 17.9 Å². The zero-order chi connectivity index (χ0) is 21.8. The highest BCUT2D eigenvalue weighted by molar-refractivity contribution is 6.28. The summed E-state index contributed by atoms with van der Waals surface area (Å²) in [6.07, 6.45) is 3.64. The average molecular weight is 409 g/mol. The van der Waals surface area contributed by atoms with E-state index in [1.807, 2.05) is 48.7 Å². The van der Waals surface area contributed by atoms with Crippen LogP contribution in [0, 0.1) is 0 Å². The molecule has 5 rings (SSSR count). The van der Waals surface area contributed by atoms with Gasteiger partial charge < -0.3 is 10.1 Å². The van der Waals surface area contributed by atoms with Crippen molar-refractivity contribution < 1.29 is 9.53 Å². The minimum absolute atomic E-state index is 0.00740. The molecule has 0 fully saturated rings. The van der Waals surface area contributed by atoms with Crippen LogP contribution in [0.5, 0.6) is 5.75 Å². The highest BCUT2D eigenvalue weighted by atomic mass is 16.5. The molecule has 0 bridgehead atoms. The van der Waals surface area contributed by atoms with Gasteiger partial charge in [-0.3, -0.25) is 9.78 Å². The molecule has 1 aliphatic rings. The normalized spacial score (nSPS) is 12.6. The van der Waals surface area contributed by atoms with Crippen molar-refractivity contribution in [3.8, 4) is 16.9 Å². The van der Waals surface area contributed by atoms with Crippen molar-refractivity contribution in [2.75, 3.05) is 12.4 Å². The first-order chi connectivity index (χ1) is 14.9. The van der Waals surface area contributed by atoms with Gasteiger partial charge in [-0.15, -0.1) is 0 Å². The minimum Gasteiger partial charge on any atom is -0.495 e. The fourth-order valence-electron chi connectivity index (χ4n) is 4.30. The summed E-state index contributed by atoms with van der Waals surface area (Å²) < 4.78 is 5.64. The number of ketones is 1. The Balaban J connectivity index is 1.69. The number of benzene rings is 3. The molecule has 1 heterocycles. The monoisotopic (exact) mass is 408 g/mol. The lowest BCUT2D eigenvalue weighted by Gasteiger charge is -2.24. The van der Waals surface area contributed by atoms with Gasteiger partial charge >= 0.3 is 0 Å². The van der Waals surface area contributed by atoms with Crippen molar-refractivity contribution >= 4 is 27.9 Å². The van der Waals surface area contributed by atoms with E-state index >= 15 is 0 Å². The molecule has 0 saturated heterocycles. The highest BCUT2D eigenvalue weighted by Gasteiger charge is 2.29. The summed E-state index contributed by atoms with van der Waals surface area (Å²) in [4.78, 5) is 18.1. The molecule has 1 N–H and O–H groups in total. The third-order valence-corrected chi connectivity index (χ3v) is 5.95. The highest BCUT2D eigenvalue weighted by Crippen LogP contribution is 2.45. The van der Waals surface area contributed by atoms with Crippen molar-refractivity contribution in [1.29, 1.82) is 0 Å². The fraction of sp³-hybridized carbons (Fsp3) is 0.185. The van der Waals surface area contributed by atoms with Crippen LogP contribution in [0.3, 0.4) is 0 Å². The first-order valence-corrected chi connectivity index (χ1v) is 10.4. The number of carbonyl (C=O) groups is 1. The number of fused-ring (bicyclic) bond motifs is 2. The van der Waals surface area contributed by atoms with E-state index in [0.717, 1.165) is 27.6 Å². The third kappa shape index (κ3) is 3.07. The first kappa shape index (κ1) is 19.3. The number of rotatable bonds is 3. The van der Waals surface area contributed by atoms with Crippen LogP contribution in [0.2, 0.25) is 0 Å². The molecular formula is C27H24N2O2. The molecule has 0 saturated carbocycles. The van der Waals surface area contributed by atoms with Gasteiger partial charge in [0.05, 0.1) is 18.4 Å². The molecule has 0 amide bonds. The van der Waals surface area contributed by atoms with Crippen molar-refractivity contribution in [2.24, 2.45) is 0 Å². The zero-order valence-electron chi connectivity index (χ0n) is 18.1. The van der Waals surface area contributed by atoms with E-state index in [1.165, 1.54) is 5.56 Å². The minimum atomic E-state index is -0.00740. The average Bonchev–Trinajstić information content (AvgIpc) is 2.77.